The van der Waals surface area contributed by atoms with Gasteiger partial charge in [0.2, 0.25) is 5.95 Å². The summed E-state index contributed by atoms with van der Waals surface area (Å²) < 4.78 is 16.5. The predicted octanol–water partition coefficient (Wildman–Crippen LogP) is 4.64. The molecule has 0 radical (unpaired) electrons. The first-order valence-electron chi connectivity index (χ1n) is 13.2. The first-order chi connectivity index (χ1) is 18.4. The van der Waals surface area contributed by atoms with E-state index < -0.39 is 5.82 Å². The highest BCUT2D eigenvalue weighted by atomic mass is 35.5. The van der Waals surface area contributed by atoms with Crippen molar-refractivity contribution in [1.82, 2.24) is 20.2 Å². The molecule has 196 valence electrons. The number of halogens is 2. The summed E-state index contributed by atoms with van der Waals surface area (Å²) >= 11 is 6.79. The van der Waals surface area contributed by atoms with E-state index in [0.717, 1.165) is 55.6 Å². The van der Waals surface area contributed by atoms with Gasteiger partial charge >= 0.3 is 0 Å². The number of benzene rings is 3. The molecule has 7 nitrogen and oxygen atoms in total. The van der Waals surface area contributed by atoms with Gasteiger partial charge in [-0.15, -0.1) is 0 Å². The minimum Gasteiger partial charge on any atom is -0.507 e. The van der Waals surface area contributed by atoms with Crippen LogP contribution in [-0.4, -0.2) is 78.4 Å². The summed E-state index contributed by atoms with van der Waals surface area (Å²) in [6.07, 6.45) is 2.27. The molecule has 38 heavy (non-hydrogen) atoms. The zero-order valence-electron chi connectivity index (χ0n) is 21.5. The van der Waals surface area contributed by atoms with Crippen molar-refractivity contribution < 1.29 is 9.50 Å². The van der Waals surface area contributed by atoms with Crippen molar-refractivity contribution in [2.75, 3.05) is 50.1 Å². The van der Waals surface area contributed by atoms with E-state index in [2.05, 4.69) is 34.1 Å². The molecule has 4 heterocycles. The largest absolute Gasteiger partial charge is 0.507 e. The Labute approximate surface area is 225 Å². The normalized spacial score (nSPS) is 21.6. The Morgan fingerprint density at radius 2 is 1.66 bits per heavy atom. The second kappa shape index (κ2) is 8.93. The molecule has 0 spiro atoms. The Hall–Kier alpha value is -3.20. The summed E-state index contributed by atoms with van der Waals surface area (Å²) in [6, 6.07) is 14.1. The van der Waals surface area contributed by atoms with Crippen LogP contribution >= 0.6 is 11.6 Å². The summed E-state index contributed by atoms with van der Waals surface area (Å²) in [5.74, 6) is 0.706. The quantitative estimate of drug-likeness (QED) is 0.397. The number of anilines is 2. The van der Waals surface area contributed by atoms with Crippen LogP contribution in [0.15, 0.2) is 42.5 Å². The Morgan fingerprint density at radius 1 is 0.974 bits per heavy atom. The topological polar surface area (TPSA) is 67.8 Å². The molecule has 9 heteroatoms. The van der Waals surface area contributed by atoms with Gasteiger partial charge in [-0.3, -0.25) is 0 Å². The maximum atomic E-state index is 16.5. The maximum absolute atomic E-state index is 16.5. The first-order valence-corrected chi connectivity index (χ1v) is 13.6. The van der Waals surface area contributed by atoms with Gasteiger partial charge in [0, 0.05) is 60.8 Å². The summed E-state index contributed by atoms with van der Waals surface area (Å²) in [4.78, 5) is 16.3. The number of aromatic nitrogens is 2. The Balaban J connectivity index is 1.41. The van der Waals surface area contributed by atoms with Gasteiger partial charge in [0.25, 0.3) is 0 Å². The van der Waals surface area contributed by atoms with Crippen LogP contribution in [0.3, 0.4) is 0 Å². The van der Waals surface area contributed by atoms with Crippen LogP contribution in [0.2, 0.25) is 5.02 Å². The molecule has 2 bridgehead atoms. The van der Waals surface area contributed by atoms with Gasteiger partial charge < -0.3 is 25.1 Å². The van der Waals surface area contributed by atoms with E-state index in [-0.39, 0.29) is 21.9 Å². The summed E-state index contributed by atoms with van der Waals surface area (Å²) in [5.41, 5.74) is 0.746. The van der Waals surface area contributed by atoms with Gasteiger partial charge in [-0.2, -0.15) is 4.98 Å². The van der Waals surface area contributed by atoms with Gasteiger partial charge in [0.1, 0.15) is 17.1 Å². The van der Waals surface area contributed by atoms with E-state index in [0.29, 0.717) is 35.0 Å². The van der Waals surface area contributed by atoms with E-state index in [1.165, 1.54) is 0 Å². The van der Waals surface area contributed by atoms with Gasteiger partial charge in [-0.25, -0.2) is 9.37 Å². The third kappa shape index (κ3) is 3.85. The molecule has 0 amide bonds. The number of piperazine rings is 1. The zero-order valence-corrected chi connectivity index (χ0v) is 22.2. The Kier molecular flexibility index (Phi) is 5.61. The smallest absolute Gasteiger partial charge is 0.228 e. The Bertz CT molecular complexity index is 1560. The molecule has 3 saturated heterocycles. The lowest BCUT2D eigenvalue weighted by atomic mass is 9.98. The second-order valence-corrected chi connectivity index (χ2v) is 11.5. The minimum atomic E-state index is -0.536. The van der Waals surface area contributed by atoms with Crippen molar-refractivity contribution in [2.45, 2.75) is 31.0 Å². The zero-order chi connectivity index (χ0) is 26.1. The molecule has 0 aliphatic carbocycles. The molecule has 3 aromatic carbocycles. The molecule has 7 rings (SSSR count). The van der Waals surface area contributed by atoms with Gasteiger partial charge in [-0.05, 0) is 55.9 Å². The standard InChI is InChI=1S/C29H30ClFN6O/c1-35(2)20-14-37(15-20)29-33-27-22(28(34-29)36-12-18-7-8-19(13-36)32-18)11-23(30)25(26(27)31)21-9-16-5-3-4-6-17(16)10-24(21)38/h3-6,9-11,18-20,32,38H,7-8,12-15H2,1-2H3. The van der Waals surface area contributed by atoms with E-state index in [1.54, 1.807) is 18.2 Å². The van der Waals surface area contributed by atoms with Crippen molar-refractivity contribution in [3.63, 3.8) is 0 Å². The lowest BCUT2D eigenvalue weighted by molar-refractivity contribution is 0.245. The number of aromatic hydroxyl groups is 1. The van der Waals surface area contributed by atoms with Crippen molar-refractivity contribution >= 4 is 45.0 Å². The average molecular weight is 533 g/mol. The summed E-state index contributed by atoms with van der Waals surface area (Å²) in [5, 5.41) is 17.2. The fourth-order valence-electron chi connectivity index (χ4n) is 6.14. The fraction of sp³-hybridized carbons (Fsp3) is 0.379. The van der Waals surface area contributed by atoms with Crippen LogP contribution in [0.1, 0.15) is 12.8 Å². The summed E-state index contributed by atoms with van der Waals surface area (Å²) in [6.45, 7) is 3.21. The van der Waals surface area contributed by atoms with Gasteiger partial charge in [0.15, 0.2) is 5.82 Å². The van der Waals surface area contributed by atoms with Gasteiger partial charge in [0.05, 0.1) is 5.02 Å². The highest BCUT2D eigenvalue weighted by Gasteiger charge is 2.36. The number of hydrogen-bond donors (Lipinski definition) is 2. The SMILES string of the molecule is CN(C)C1CN(c2nc(N3CC4CCC(C3)N4)c3cc(Cl)c(-c4cc5ccccc5cc4O)c(F)c3n2)C1. The van der Waals surface area contributed by atoms with E-state index >= 15 is 4.39 Å². The van der Waals surface area contributed by atoms with Crippen molar-refractivity contribution in [2.24, 2.45) is 0 Å². The van der Waals surface area contributed by atoms with Crippen molar-refractivity contribution in [1.29, 1.82) is 0 Å². The molecule has 3 aliphatic heterocycles. The molecule has 4 aromatic rings. The minimum absolute atomic E-state index is 0.0198. The van der Waals surface area contributed by atoms with Crippen molar-refractivity contribution in [3.8, 4) is 16.9 Å². The average Bonchev–Trinajstić information content (AvgIpc) is 3.20. The molecular formula is C29H30ClFN6O. The fourth-order valence-corrected chi connectivity index (χ4v) is 6.44. The third-order valence-corrected chi connectivity index (χ3v) is 8.67. The van der Waals surface area contributed by atoms with Crippen LogP contribution in [0, 0.1) is 5.82 Å². The summed E-state index contributed by atoms with van der Waals surface area (Å²) in [7, 11) is 4.13. The molecule has 2 N–H and O–H groups in total. The van der Waals surface area contributed by atoms with Gasteiger partial charge in [-0.1, -0.05) is 35.9 Å². The van der Waals surface area contributed by atoms with Crippen LogP contribution in [0.25, 0.3) is 32.8 Å². The van der Waals surface area contributed by atoms with E-state index in [1.807, 2.05) is 24.3 Å². The number of phenolic OH excluding ortho intramolecular Hbond substituents is 1. The number of fused-ring (bicyclic) bond motifs is 4. The van der Waals surface area contributed by atoms with Crippen molar-refractivity contribution in [3.05, 3.63) is 53.3 Å². The van der Waals surface area contributed by atoms with Crippen LogP contribution in [0.4, 0.5) is 16.2 Å². The number of likely N-dealkylation sites (N-methyl/N-ethyl adjacent to an activating group) is 1. The molecule has 1 aromatic heterocycles. The number of rotatable bonds is 4. The Morgan fingerprint density at radius 3 is 2.34 bits per heavy atom. The predicted molar refractivity (Wildman–Crippen MR) is 151 cm³/mol. The molecule has 2 unspecified atom stereocenters. The lowest BCUT2D eigenvalue weighted by Gasteiger charge is -2.43. The number of nitrogens with one attached hydrogen (secondary N) is 1. The highest BCUT2D eigenvalue weighted by Crippen LogP contribution is 2.43. The second-order valence-electron chi connectivity index (χ2n) is 11.1. The first kappa shape index (κ1) is 23.9. The van der Waals surface area contributed by atoms with Crippen LogP contribution in [0.5, 0.6) is 5.75 Å². The molecule has 0 saturated carbocycles. The third-order valence-electron chi connectivity index (χ3n) is 8.38. The van der Waals surface area contributed by atoms with E-state index in [9.17, 15) is 5.11 Å². The molecule has 2 atom stereocenters. The molecule has 3 aliphatic rings. The number of hydrogen-bond acceptors (Lipinski definition) is 7. The number of nitrogens with zero attached hydrogens (tertiary/aromatic N) is 5. The monoisotopic (exact) mass is 532 g/mol. The van der Waals surface area contributed by atoms with Crippen LogP contribution in [-0.2, 0) is 0 Å². The highest BCUT2D eigenvalue weighted by molar-refractivity contribution is 6.34. The van der Waals surface area contributed by atoms with Crippen LogP contribution < -0.4 is 15.1 Å². The maximum Gasteiger partial charge on any atom is 0.228 e. The lowest BCUT2D eigenvalue weighted by Crippen LogP contribution is -2.58. The van der Waals surface area contributed by atoms with E-state index in [4.69, 9.17) is 21.6 Å². The number of phenols is 1. The molecular weight excluding hydrogens is 503 g/mol. The molecule has 3 fully saturated rings.